The Morgan fingerprint density at radius 1 is 1.55 bits per heavy atom. The van der Waals surface area contributed by atoms with Gasteiger partial charge in [-0.25, -0.2) is 4.98 Å². The number of methoxy groups -OCH3 is 1. The van der Waals surface area contributed by atoms with Gasteiger partial charge in [-0.15, -0.1) is 22.7 Å². The summed E-state index contributed by atoms with van der Waals surface area (Å²) in [6.45, 7) is 4.11. The van der Waals surface area contributed by atoms with Crippen LogP contribution in [0, 0.1) is 6.92 Å². The van der Waals surface area contributed by atoms with Crippen molar-refractivity contribution in [1.29, 1.82) is 0 Å². The van der Waals surface area contributed by atoms with Crippen LogP contribution in [0.2, 0.25) is 0 Å². The van der Waals surface area contributed by atoms with Crippen LogP contribution in [-0.2, 0) is 11.3 Å². The van der Waals surface area contributed by atoms with Gasteiger partial charge < -0.3 is 15.2 Å². The SMILES string of the molecule is COCc1nc(C)c(C(=O)NC(C)CC(O)c2cccs2)s1. The van der Waals surface area contributed by atoms with Crippen LogP contribution in [0.3, 0.4) is 0 Å². The number of nitrogens with zero attached hydrogens (tertiary/aromatic N) is 1. The second-order valence-corrected chi connectivity index (χ2v) is 7.16. The summed E-state index contributed by atoms with van der Waals surface area (Å²) < 4.78 is 5.04. The zero-order valence-corrected chi connectivity index (χ0v) is 14.5. The van der Waals surface area contributed by atoms with Crippen molar-refractivity contribution >= 4 is 28.6 Å². The molecule has 0 saturated carbocycles. The van der Waals surface area contributed by atoms with Gasteiger partial charge in [0, 0.05) is 18.0 Å². The first-order valence-electron chi connectivity index (χ1n) is 6.98. The van der Waals surface area contributed by atoms with Crippen LogP contribution >= 0.6 is 22.7 Å². The summed E-state index contributed by atoms with van der Waals surface area (Å²) in [6.07, 6.45) is -0.0726. The molecule has 7 heteroatoms. The molecule has 2 N–H and O–H groups in total. The van der Waals surface area contributed by atoms with E-state index < -0.39 is 6.10 Å². The fourth-order valence-electron chi connectivity index (χ4n) is 2.13. The van der Waals surface area contributed by atoms with Gasteiger partial charge in [0.05, 0.1) is 18.4 Å². The Bertz CT molecular complexity index is 610. The molecular formula is C15H20N2O3S2. The van der Waals surface area contributed by atoms with E-state index in [4.69, 9.17) is 4.74 Å². The second kappa shape index (κ2) is 7.82. The monoisotopic (exact) mass is 340 g/mol. The van der Waals surface area contributed by atoms with Crippen LogP contribution in [-0.4, -0.2) is 29.1 Å². The van der Waals surface area contributed by atoms with E-state index in [2.05, 4.69) is 10.3 Å². The number of nitrogens with one attached hydrogen (secondary N) is 1. The number of hydrogen-bond acceptors (Lipinski definition) is 6. The summed E-state index contributed by atoms with van der Waals surface area (Å²) in [5.41, 5.74) is 0.709. The van der Waals surface area contributed by atoms with Gasteiger partial charge in [0.15, 0.2) is 0 Å². The maximum atomic E-state index is 12.3. The highest BCUT2D eigenvalue weighted by Gasteiger charge is 2.19. The van der Waals surface area contributed by atoms with Crippen molar-refractivity contribution in [2.24, 2.45) is 0 Å². The predicted octanol–water partition coefficient (Wildman–Crippen LogP) is 2.90. The first kappa shape index (κ1) is 17.1. The van der Waals surface area contributed by atoms with Crippen LogP contribution < -0.4 is 5.32 Å². The molecule has 120 valence electrons. The third-order valence-corrected chi connectivity index (χ3v) is 5.24. The molecule has 22 heavy (non-hydrogen) atoms. The zero-order chi connectivity index (χ0) is 16.1. The molecule has 2 rings (SSSR count). The number of ether oxygens (including phenoxy) is 1. The van der Waals surface area contributed by atoms with Gasteiger partial charge in [-0.3, -0.25) is 4.79 Å². The molecule has 0 spiro atoms. The summed E-state index contributed by atoms with van der Waals surface area (Å²) in [4.78, 5) is 18.1. The van der Waals surface area contributed by atoms with Gasteiger partial charge in [-0.05, 0) is 31.7 Å². The smallest absolute Gasteiger partial charge is 0.263 e. The molecule has 0 aliphatic carbocycles. The van der Waals surface area contributed by atoms with Crippen molar-refractivity contribution in [3.63, 3.8) is 0 Å². The van der Waals surface area contributed by atoms with E-state index in [0.717, 1.165) is 9.88 Å². The second-order valence-electron chi connectivity index (χ2n) is 5.10. The van der Waals surface area contributed by atoms with E-state index in [1.54, 1.807) is 7.11 Å². The van der Waals surface area contributed by atoms with Gasteiger partial charge in [-0.1, -0.05) is 6.07 Å². The fraction of sp³-hybridized carbons (Fsp3) is 0.467. The number of aliphatic hydroxyl groups is 1. The van der Waals surface area contributed by atoms with Gasteiger partial charge in [-0.2, -0.15) is 0 Å². The molecule has 1 amide bonds. The van der Waals surface area contributed by atoms with Crippen molar-refractivity contribution < 1.29 is 14.6 Å². The van der Waals surface area contributed by atoms with Crippen LogP contribution in [0.1, 0.15) is 44.7 Å². The normalized spacial score (nSPS) is 13.8. The van der Waals surface area contributed by atoms with Crippen molar-refractivity contribution in [1.82, 2.24) is 10.3 Å². The minimum Gasteiger partial charge on any atom is -0.387 e. The third-order valence-electron chi connectivity index (χ3n) is 3.14. The Morgan fingerprint density at radius 3 is 2.95 bits per heavy atom. The summed E-state index contributed by atoms with van der Waals surface area (Å²) in [7, 11) is 1.60. The van der Waals surface area contributed by atoms with Crippen LogP contribution in [0.15, 0.2) is 17.5 Å². The van der Waals surface area contributed by atoms with E-state index in [1.807, 2.05) is 31.4 Å². The molecular weight excluding hydrogens is 320 g/mol. The van der Waals surface area contributed by atoms with E-state index in [0.29, 0.717) is 23.6 Å². The third kappa shape index (κ3) is 4.36. The van der Waals surface area contributed by atoms with Crippen molar-refractivity contribution in [3.8, 4) is 0 Å². The van der Waals surface area contributed by atoms with E-state index >= 15 is 0 Å². The number of aromatic nitrogens is 1. The molecule has 0 radical (unpaired) electrons. The summed E-state index contributed by atoms with van der Waals surface area (Å²) in [6, 6.07) is 3.68. The number of carbonyl (C=O) groups excluding carboxylic acids is 1. The lowest BCUT2D eigenvalue weighted by atomic mass is 10.1. The lowest BCUT2D eigenvalue weighted by Gasteiger charge is -2.16. The van der Waals surface area contributed by atoms with Gasteiger partial charge >= 0.3 is 0 Å². The lowest BCUT2D eigenvalue weighted by molar-refractivity contribution is 0.0921. The quantitative estimate of drug-likeness (QED) is 0.813. The maximum Gasteiger partial charge on any atom is 0.263 e. The Morgan fingerprint density at radius 2 is 2.32 bits per heavy atom. The predicted molar refractivity (Wildman–Crippen MR) is 88.4 cm³/mol. The first-order chi connectivity index (χ1) is 10.5. The average molecular weight is 340 g/mol. The molecule has 0 aliphatic heterocycles. The zero-order valence-electron chi connectivity index (χ0n) is 12.8. The molecule has 2 aromatic rings. The molecule has 0 saturated heterocycles. The Balaban J connectivity index is 1.93. The minimum atomic E-state index is -0.554. The highest BCUT2D eigenvalue weighted by Crippen LogP contribution is 2.23. The van der Waals surface area contributed by atoms with Crippen molar-refractivity contribution in [2.75, 3.05) is 7.11 Å². The topological polar surface area (TPSA) is 71.5 Å². The molecule has 2 atom stereocenters. The number of aliphatic hydroxyl groups excluding tert-OH is 1. The Hall–Kier alpha value is -1.28. The first-order valence-corrected chi connectivity index (χ1v) is 8.68. The molecule has 0 aromatic carbocycles. The van der Waals surface area contributed by atoms with Crippen molar-refractivity contribution in [2.45, 2.75) is 39.0 Å². The number of aryl methyl sites for hydroxylation is 1. The number of carbonyl (C=O) groups is 1. The lowest BCUT2D eigenvalue weighted by Crippen LogP contribution is -2.33. The van der Waals surface area contributed by atoms with E-state index in [9.17, 15) is 9.90 Å². The summed E-state index contributed by atoms with van der Waals surface area (Å²) >= 11 is 2.86. The average Bonchev–Trinajstić information content (AvgIpc) is 3.08. The Labute approximate surface area is 138 Å². The summed E-state index contributed by atoms with van der Waals surface area (Å²) in [5, 5.41) is 15.8. The van der Waals surface area contributed by atoms with Crippen molar-refractivity contribution in [3.05, 3.63) is 38.0 Å². The minimum absolute atomic E-state index is 0.128. The van der Waals surface area contributed by atoms with Gasteiger partial charge in [0.1, 0.15) is 9.88 Å². The molecule has 2 aromatic heterocycles. The summed E-state index contributed by atoms with van der Waals surface area (Å²) in [5.74, 6) is -0.150. The van der Waals surface area contributed by atoms with Crippen LogP contribution in [0.5, 0.6) is 0 Å². The van der Waals surface area contributed by atoms with Crippen LogP contribution in [0.4, 0.5) is 0 Å². The number of thiophene rings is 1. The number of thiazole rings is 1. The Kier molecular flexibility index (Phi) is 6.07. The van der Waals surface area contributed by atoms with E-state index in [-0.39, 0.29) is 11.9 Å². The van der Waals surface area contributed by atoms with Gasteiger partial charge in [0.2, 0.25) is 0 Å². The number of rotatable bonds is 7. The highest BCUT2D eigenvalue weighted by atomic mass is 32.1. The molecule has 2 heterocycles. The molecule has 0 bridgehead atoms. The van der Waals surface area contributed by atoms with E-state index in [1.165, 1.54) is 22.7 Å². The van der Waals surface area contributed by atoms with Crippen LogP contribution in [0.25, 0.3) is 0 Å². The van der Waals surface area contributed by atoms with Gasteiger partial charge in [0.25, 0.3) is 5.91 Å². The number of amides is 1. The molecule has 0 aliphatic rings. The molecule has 2 unspecified atom stereocenters. The maximum absolute atomic E-state index is 12.3. The standard InChI is InChI=1S/C15H20N2O3S2/c1-9(7-11(18)12-5-4-6-21-12)16-15(19)14-10(2)17-13(22-14)8-20-3/h4-6,9,11,18H,7-8H2,1-3H3,(H,16,19). The fourth-order valence-corrected chi connectivity index (χ4v) is 3.79. The largest absolute Gasteiger partial charge is 0.387 e. The molecule has 0 fully saturated rings. The highest BCUT2D eigenvalue weighted by molar-refractivity contribution is 7.13. The number of hydrogen-bond donors (Lipinski definition) is 2. The molecule has 5 nitrogen and oxygen atoms in total.